The van der Waals surface area contributed by atoms with Crippen molar-refractivity contribution >= 4 is 111 Å². The monoisotopic (exact) mass is 420 g/mol. The van der Waals surface area contributed by atoms with Gasteiger partial charge in [-0.2, -0.15) is 0 Å². The molecule has 2 radical (unpaired) electrons. The van der Waals surface area contributed by atoms with Crippen LogP contribution < -0.4 is 0 Å². The van der Waals surface area contributed by atoms with E-state index in [2.05, 4.69) is 0 Å². The van der Waals surface area contributed by atoms with E-state index in [0.717, 1.165) is 0 Å². The summed E-state index contributed by atoms with van der Waals surface area (Å²) in [6.07, 6.45) is 0. The summed E-state index contributed by atoms with van der Waals surface area (Å²) in [6, 6.07) is 0. The predicted octanol–water partition coefficient (Wildman–Crippen LogP) is -4.98. The average Bonchev–Trinajstić information content (AvgIpc) is 0.722. The molecule has 0 rings (SSSR count). The third-order valence-corrected chi connectivity index (χ3v) is 0. The Labute approximate surface area is 139 Å². The van der Waals surface area contributed by atoms with E-state index in [1.54, 1.807) is 0 Å². The molecule has 0 saturated heterocycles. The molecule has 46 valence electrons. The fourth-order valence-electron chi connectivity index (χ4n) is 0. The van der Waals surface area contributed by atoms with Crippen LogP contribution in [-0.4, -0.2) is 125 Å². The zero-order chi connectivity index (χ0) is 4.50. The van der Waals surface area contributed by atoms with Crippen LogP contribution in [0.5, 0.6) is 0 Å². The van der Waals surface area contributed by atoms with Crippen molar-refractivity contribution in [1.82, 2.24) is 0 Å². The summed E-state index contributed by atoms with van der Waals surface area (Å²) in [7, 11) is 0. The first-order valence-corrected chi connectivity index (χ1v) is 3.69. The van der Waals surface area contributed by atoms with Crippen molar-refractivity contribution in [2.75, 3.05) is 0 Å². The Balaban J connectivity index is -0.0000000267. The minimum atomic E-state index is -5.00. The third-order valence-electron chi connectivity index (χ3n) is 0. The van der Waals surface area contributed by atoms with Gasteiger partial charge in [-0.25, -0.2) is 0 Å². The molecule has 8 heavy (non-hydrogen) atoms. The quantitative estimate of drug-likeness (QED) is 0.298. The second kappa shape index (κ2) is 11.2. The fourth-order valence-corrected chi connectivity index (χ4v) is 0. The Morgan fingerprint density at radius 2 is 0.875 bits per heavy atom. The first-order valence-electron chi connectivity index (χ1n) is 0.894. The summed E-state index contributed by atoms with van der Waals surface area (Å²) < 4.78 is 29.5. The zero-order valence-electron chi connectivity index (χ0n) is 3.00. The summed E-state index contributed by atoms with van der Waals surface area (Å²) >= 11 is -5.00. The van der Waals surface area contributed by atoms with Gasteiger partial charge in [-0.05, 0) is 0 Å². The van der Waals surface area contributed by atoms with E-state index < -0.39 is 18.1 Å². The van der Waals surface area contributed by atoms with Crippen LogP contribution in [0.4, 0.5) is 0 Å². The molecule has 0 aromatic heterocycles. The van der Waals surface area contributed by atoms with Crippen molar-refractivity contribution in [3.63, 3.8) is 0 Å². The van der Waals surface area contributed by atoms with Gasteiger partial charge in [0.2, 0.25) is 0 Å². The van der Waals surface area contributed by atoms with Crippen LogP contribution in [0.15, 0.2) is 0 Å². The van der Waals surface area contributed by atoms with Gasteiger partial charge in [0, 0.05) is 0 Å². The molecule has 4 nitrogen and oxygen atoms in total. The standard InChI is InChI=1S/Ba.Ca.4H2O.Sn.Ti.6H/h;;4*1H2;;;;;;;;/q;;;;;;;+4;;;;;;/p-4. The molecule has 0 fully saturated rings. The molecule has 0 aromatic carbocycles. The normalized spacial score (nSPS) is 7.50. The topological polar surface area (TPSA) is 80.9 Å². The van der Waals surface area contributed by atoms with E-state index in [-0.39, 0.29) is 111 Å². The molecule has 0 atom stereocenters. The van der Waals surface area contributed by atoms with Gasteiger partial charge in [0.1, 0.15) is 0 Å². The molecule has 0 aliphatic carbocycles. The van der Waals surface area contributed by atoms with Crippen LogP contribution in [0.2, 0.25) is 0 Å². The summed E-state index contributed by atoms with van der Waals surface area (Å²) in [4.78, 5) is 0. The van der Waals surface area contributed by atoms with Crippen LogP contribution in [0, 0.1) is 0 Å². The zero-order valence-corrected chi connectivity index (χ0v) is 8.59. The van der Waals surface area contributed by atoms with Gasteiger partial charge in [0.15, 0.2) is 0 Å². The Kier molecular flexibility index (Phi) is 31.8. The second-order valence-electron chi connectivity index (χ2n) is 0.600. The van der Waals surface area contributed by atoms with Gasteiger partial charge in [-0.15, -0.1) is 0 Å². The average molecular weight is 418 g/mol. The van der Waals surface area contributed by atoms with Crippen LogP contribution in [0.1, 0.15) is 0 Å². The van der Waals surface area contributed by atoms with Crippen molar-refractivity contribution in [2.24, 2.45) is 0 Å². The predicted molar refractivity (Wildman–Crippen MR) is 34.5 cm³/mol. The van der Waals surface area contributed by atoms with Gasteiger partial charge in [0.25, 0.3) is 0 Å². The van der Waals surface area contributed by atoms with Gasteiger partial charge < -0.3 is 0 Å². The summed E-state index contributed by atoms with van der Waals surface area (Å²) in [6.45, 7) is 0. The molecular formula is H10BaCaO4SnTi. The minimum absolute atomic E-state index is 0. The Bertz CT molecular complexity index is 31.5. The van der Waals surface area contributed by atoms with Gasteiger partial charge in [0.05, 0.1) is 0 Å². The molecule has 0 spiro atoms. The van der Waals surface area contributed by atoms with Crippen LogP contribution >= 0.6 is 0 Å². The second-order valence-corrected chi connectivity index (χ2v) is 2.47. The summed E-state index contributed by atoms with van der Waals surface area (Å²) in [5.74, 6) is 0. The third kappa shape index (κ3) is 49.1. The molecule has 0 amide bonds. The van der Waals surface area contributed by atoms with E-state index >= 15 is 0 Å². The van der Waals surface area contributed by atoms with Crippen LogP contribution in [-0.2, 0) is 18.1 Å². The first-order chi connectivity index (χ1) is 2.00. The SMILES string of the molecule is [BaH2].[CaH2].[OH][Ti]([OH])([OH])[OH].[SnH2]. The first kappa shape index (κ1) is 22.8. The van der Waals surface area contributed by atoms with E-state index in [1.807, 2.05) is 0 Å². The molecule has 8 heteroatoms. The molecule has 0 saturated carbocycles. The van der Waals surface area contributed by atoms with Crippen molar-refractivity contribution in [2.45, 2.75) is 0 Å². The van der Waals surface area contributed by atoms with Gasteiger partial charge in [-0.3, -0.25) is 0 Å². The molecule has 0 aliphatic heterocycles. The van der Waals surface area contributed by atoms with Gasteiger partial charge in [-0.1, -0.05) is 0 Å². The molecule has 0 heterocycles. The maximum atomic E-state index is 7.38. The van der Waals surface area contributed by atoms with Crippen LogP contribution in [0.25, 0.3) is 0 Å². The van der Waals surface area contributed by atoms with E-state index in [4.69, 9.17) is 14.8 Å². The number of hydrogen-bond acceptors (Lipinski definition) is 4. The Morgan fingerprint density at radius 3 is 0.875 bits per heavy atom. The van der Waals surface area contributed by atoms with Crippen molar-refractivity contribution in [3.05, 3.63) is 0 Å². The molecule has 4 N–H and O–H groups in total. The Hall–Kier alpha value is 4.18. The van der Waals surface area contributed by atoms with Gasteiger partial charge >= 0.3 is 143 Å². The van der Waals surface area contributed by atoms with Crippen molar-refractivity contribution in [3.8, 4) is 0 Å². The van der Waals surface area contributed by atoms with E-state index in [1.165, 1.54) is 0 Å². The van der Waals surface area contributed by atoms with Crippen molar-refractivity contribution in [1.29, 1.82) is 0 Å². The molecule has 0 aromatic rings. The molecule has 0 unspecified atom stereocenters. The maximum absolute atomic E-state index is 7.38. The van der Waals surface area contributed by atoms with Crippen LogP contribution in [0.3, 0.4) is 0 Å². The summed E-state index contributed by atoms with van der Waals surface area (Å²) in [5, 5.41) is 0. The van der Waals surface area contributed by atoms with E-state index in [0.29, 0.717) is 0 Å². The number of rotatable bonds is 0. The molecule has 0 aliphatic rings. The van der Waals surface area contributed by atoms with E-state index in [9.17, 15) is 0 Å². The fraction of sp³-hybridized carbons (Fsp3) is 0. The number of hydrogen-bond donors (Lipinski definition) is 4. The molecule has 0 bridgehead atoms. The molecular weight excluding hydrogens is 408 g/mol. The Morgan fingerprint density at radius 1 is 0.875 bits per heavy atom. The van der Waals surface area contributed by atoms with Crippen molar-refractivity contribution < 1.29 is 32.9 Å². The summed E-state index contributed by atoms with van der Waals surface area (Å²) in [5.41, 5.74) is 0.